The topological polar surface area (TPSA) is 38.5 Å². The summed E-state index contributed by atoms with van der Waals surface area (Å²) < 4.78 is 5.37. The third kappa shape index (κ3) is 3.75. The highest BCUT2D eigenvalue weighted by atomic mass is 16.5. The van der Waals surface area contributed by atoms with Crippen LogP contribution < -0.4 is 5.73 Å². The van der Waals surface area contributed by atoms with Crippen LogP contribution in [0.15, 0.2) is 0 Å². The minimum Gasteiger partial charge on any atom is -0.383 e. The van der Waals surface area contributed by atoms with E-state index in [1.807, 2.05) is 0 Å². The molecule has 3 unspecified atom stereocenters. The van der Waals surface area contributed by atoms with Crippen LogP contribution in [-0.4, -0.2) is 43.3 Å². The van der Waals surface area contributed by atoms with Gasteiger partial charge in [-0.05, 0) is 43.9 Å². The van der Waals surface area contributed by atoms with E-state index in [0.29, 0.717) is 12.0 Å². The smallest absolute Gasteiger partial charge is 0.0590 e. The highest BCUT2D eigenvalue weighted by Crippen LogP contribution is 2.41. The molecule has 0 amide bonds. The average molecular weight is 284 g/mol. The fourth-order valence-corrected chi connectivity index (χ4v) is 4.22. The first-order valence-corrected chi connectivity index (χ1v) is 8.51. The second-order valence-electron chi connectivity index (χ2n) is 6.74. The van der Waals surface area contributed by atoms with Gasteiger partial charge >= 0.3 is 0 Å². The maximum absolute atomic E-state index is 6.31. The molecule has 1 aliphatic carbocycles. The lowest BCUT2D eigenvalue weighted by Crippen LogP contribution is -2.63. The molecular formula is C17H36N2O. The monoisotopic (exact) mass is 284 g/mol. The van der Waals surface area contributed by atoms with Crippen molar-refractivity contribution < 1.29 is 4.74 Å². The van der Waals surface area contributed by atoms with E-state index < -0.39 is 0 Å². The summed E-state index contributed by atoms with van der Waals surface area (Å²) >= 11 is 0. The van der Waals surface area contributed by atoms with Gasteiger partial charge in [-0.3, -0.25) is 4.90 Å². The minimum atomic E-state index is 0.182. The van der Waals surface area contributed by atoms with E-state index in [0.717, 1.165) is 25.6 Å². The SMILES string of the molecule is CCC(CC)N(CCOC)C1(CN)CCC(C)CC1C. The molecule has 0 bridgehead atoms. The summed E-state index contributed by atoms with van der Waals surface area (Å²) in [5.74, 6) is 1.52. The van der Waals surface area contributed by atoms with Crippen LogP contribution >= 0.6 is 0 Å². The summed E-state index contributed by atoms with van der Waals surface area (Å²) in [6, 6.07) is 0.629. The van der Waals surface area contributed by atoms with E-state index in [-0.39, 0.29) is 5.54 Å². The Kier molecular flexibility index (Phi) is 7.49. The minimum absolute atomic E-state index is 0.182. The molecule has 3 heteroatoms. The Morgan fingerprint density at radius 3 is 2.40 bits per heavy atom. The highest BCUT2D eigenvalue weighted by molar-refractivity contribution is 5.01. The summed E-state index contributed by atoms with van der Waals surface area (Å²) in [6.07, 6.45) is 6.26. The van der Waals surface area contributed by atoms with Crippen LogP contribution in [0.4, 0.5) is 0 Å². The summed E-state index contributed by atoms with van der Waals surface area (Å²) in [4.78, 5) is 2.70. The summed E-state index contributed by atoms with van der Waals surface area (Å²) in [5, 5.41) is 0. The largest absolute Gasteiger partial charge is 0.383 e. The maximum atomic E-state index is 6.31. The lowest BCUT2D eigenvalue weighted by molar-refractivity contribution is -0.0428. The molecule has 0 spiro atoms. The van der Waals surface area contributed by atoms with Gasteiger partial charge in [-0.1, -0.05) is 27.7 Å². The van der Waals surface area contributed by atoms with Gasteiger partial charge in [0.15, 0.2) is 0 Å². The molecule has 1 aliphatic rings. The first-order valence-electron chi connectivity index (χ1n) is 8.51. The standard InChI is InChI=1S/C17H36N2O/c1-6-16(7-2)19(10-11-20-5)17(13-18)9-8-14(3)12-15(17)4/h14-16H,6-13,18H2,1-5H3. The number of hydrogen-bond donors (Lipinski definition) is 1. The maximum Gasteiger partial charge on any atom is 0.0590 e. The first-order chi connectivity index (χ1) is 9.55. The third-order valence-corrected chi connectivity index (χ3v) is 5.59. The van der Waals surface area contributed by atoms with Gasteiger partial charge in [0.05, 0.1) is 6.61 Å². The molecular weight excluding hydrogens is 248 g/mol. The van der Waals surface area contributed by atoms with Crippen LogP contribution in [0.3, 0.4) is 0 Å². The fourth-order valence-electron chi connectivity index (χ4n) is 4.22. The van der Waals surface area contributed by atoms with E-state index in [9.17, 15) is 0 Å². The quantitative estimate of drug-likeness (QED) is 0.743. The number of nitrogens with zero attached hydrogens (tertiary/aromatic N) is 1. The Hall–Kier alpha value is -0.120. The van der Waals surface area contributed by atoms with Crippen molar-refractivity contribution in [1.29, 1.82) is 0 Å². The Bertz CT molecular complexity index is 268. The van der Waals surface area contributed by atoms with Crippen molar-refractivity contribution in [2.45, 2.75) is 71.4 Å². The first kappa shape index (κ1) is 17.9. The summed E-state index contributed by atoms with van der Waals surface area (Å²) in [5.41, 5.74) is 6.49. The summed E-state index contributed by atoms with van der Waals surface area (Å²) in [6.45, 7) is 12.0. The van der Waals surface area contributed by atoms with E-state index in [4.69, 9.17) is 10.5 Å². The number of rotatable bonds is 8. The molecule has 2 N–H and O–H groups in total. The van der Waals surface area contributed by atoms with Crippen molar-refractivity contribution in [1.82, 2.24) is 4.90 Å². The van der Waals surface area contributed by atoms with Gasteiger partial charge in [0, 0.05) is 31.8 Å². The van der Waals surface area contributed by atoms with Crippen molar-refractivity contribution in [2.75, 3.05) is 26.8 Å². The Morgan fingerprint density at radius 2 is 1.95 bits per heavy atom. The van der Waals surface area contributed by atoms with Gasteiger partial charge in [0.2, 0.25) is 0 Å². The second kappa shape index (κ2) is 8.35. The third-order valence-electron chi connectivity index (χ3n) is 5.59. The average Bonchev–Trinajstić information content (AvgIpc) is 2.45. The van der Waals surface area contributed by atoms with Gasteiger partial charge in [-0.15, -0.1) is 0 Å². The zero-order valence-corrected chi connectivity index (χ0v) is 14.3. The molecule has 1 saturated carbocycles. The molecule has 1 fully saturated rings. The van der Waals surface area contributed by atoms with Crippen molar-refractivity contribution in [3.63, 3.8) is 0 Å². The van der Waals surface area contributed by atoms with Crippen LogP contribution in [0.5, 0.6) is 0 Å². The van der Waals surface area contributed by atoms with Gasteiger partial charge in [-0.2, -0.15) is 0 Å². The van der Waals surface area contributed by atoms with Crippen LogP contribution in [-0.2, 0) is 4.74 Å². The molecule has 1 rings (SSSR count). The number of methoxy groups -OCH3 is 1. The van der Waals surface area contributed by atoms with Crippen LogP contribution in [0.2, 0.25) is 0 Å². The normalized spacial score (nSPS) is 31.2. The highest BCUT2D eigenvalue weighted by Gasteiger charge is 2.45. The molecule has 120 valence electrons. The second-order valence-corrected chi connectivity index (χ2v) is 6.74. The molecule has 0 heterocycles. The molecule has 3 atom stereocenters. The van der Waals surface area contributed by atoms with Gasteiger partial charge in [-0.25, -0.2) is 0 Å². The predicted molar refractivity (Wildman–Crippen MR) is 86.9 cm³/mol. The molecule has 0 aromatic heterocycles. The Balaban J connectivity index is 2.99. The number of nitrogens with two attached hydrogens (primary N) is 1. The van der Waals surface area contributed by atoms with Gasteiger partial charge in [0.1, 0.15) is 0 Å². The fraction of sp³-hybridized carbons (Fsp3) is 1.00. The molecule has 0 radical (unpaired) electrons. The molecule has 0 aromatic rings. The van der Waals surface area contributed by atoms with E-state index >= 15 is 0 Å². The van der Waals surface area contributed by atoms with Crippen molar-refractivity contribution >= 4 is 0 Å². The van der Waals surface area contributed by atoms with Crippen molar-refractivity contribution in [2.24, 2.45) is 17.6 Å². The molecule has 20 heavy (non-hydrogen) atoms. The van der Waals surface area contributed by atoms with Crippen LogP contribution in [0, 0.1) is 11.8 Å². The van der Waals surface area contributed by atoms with Gasteiger partial charge < -0.3 is 10.5 Å². The van der Waals surface area contributed by atoms with Crippen LogP contribution in [0.25, 0.3) is 0 Å². The van der Waals surface area contributed by atoms with Crippen molar-refractivity contribution in [3.05, 3.63) is 0 Å². The Morgan fingerprint density at radius 1 is 1.30 bits per heavy atom. The van der Waals surface area contributed by atoms with Crippen LogP contribution in [0.1, 0.15) is 59.8 Å². The van der Waals surface area contributed by atoms with E-state index in [2.05, 4.69) is 32.6 Å². The molecule has 0 saturated heterocycles. The van der Waals surface area contributed by atoms with E-state index in [1.54, 1.807) is 7.11 Å². The van der Waals surface area contributed by atoms with Crippen molar-refractivity contribution in [3.8, 4) is 0 Å². The lowest BCUT2D eigenvalue weighted by Gasteiger charge is -2.54. The lowest BCUT2D eigenvalue weighted by atomic mass is 9.68. The molecule has 0 aromatic carbocycles. The number of hydrogen-bond acceptors (Lipinski definition) is 3. The predicted octanol–water partition coefficient (Wildman–Crippen LogP) is 3.28. The van der Waals surface area contributed by atoms with Gasteiger partial charge in [0.25, 0.3) is 0 Å². The zero-order valence-electron chi connectivity index (χ0n) is 14.3. The Labute approximate surface area is 126 Å². The number of ether oxygens (including phenoxy) is 1. The molecule has 0 aliphatic heterocycles. The zero-order chi connectivity index (χ0) is 15.2. The molecule has 3 nitrogen and oxygen atoms in total. The summed E-state index contributed by atoms with van der Waals surface area (Å²) in [7, 11) is 1.80. The van der Waals surface area contributed by atoms with E-state index in [1.165, 1.54) is 32.1 Å².